The number of hydrogen-bond acceptors (Lipinski definition) is 5. The lowest BCUT2D eigenvalue weighted by molar-refractivity contribution is 0.0472. The van der Waals surface area contributed by atoms with Crippen LogP contribution in [0.4, 0.5) is 0 Å². The number of aromatic hydroxyl groups is 1. The van der Waals surface area contributed by atoms with Gasteiger partial charge in [-0.3, -0.25) is 0 Å². The Morgan fingerprint density at radius 2 is 1.52 bits per heavy atom. The molecule has 0 bridgehead atoms. The van der Waals surface area contributed by atoms with Crippen molar-refractivity contribution in [3.8, 4) is 5.75 Å². The molecule has 4 aromatic rings. The van der Waals surface area contributed by atoms with Gasteiger partial charge in [-0.25, -0.2) is 9.59 Å². The highest BCUT2D eigenvalue weighted by molar-refractivity contribution is 6.30. The molecule has 0 aliphatic rings. The summed E-state index contributed by atoms with van der Waals surface area (Å²) in [5.74, 6) is -1.69. The average Bonchev–Trinajstić information content (AvgIpc) is 2.82. The average molecular weight is 463 g/mol. The van der Waals surface area contributed by atoms with Crippen LogP contribution in [0.5, 0.6) is 5.75 Å². The van der Waals surface area contributed by atoms with Gasteiger partial charge in [0.15, 0.2) is 0 Å². The first-order valence-corrected chi connectivity index (χ1v) is 10.4. The molecule has 0 amide bonds. The number of phenols is 1. The number of aliphatic hydroxyl groups is 1. The van der Waals surface area contributed by atoms with Crippen LogP contribution in [0, 0.1) is 0 Å². The van der Waals surface area contributed by atoms with Crippen LogP contribution in [-0.2, 0) is 11.3 Å². The number of carboxylic acids is 1. The summed E-state index contributed by atoms with van der Waals surface area (Å²) in [4.78, 5) is 23.6. The second-order valence-electron chi connectivity index (χ2n) is 7.51. The number of aliphatic hydroxyl groups excluding tert-OH is 1. The normalized spacial score (nSPS) is 11.8. The number of aromatic carboxylic acids is 1. The van der Waals surface area contributed by atoms with Crippen LogP contribution in [0.3, 0.4) is 0 Å². The highest BCUT2D eigenvalue weighted by Gasteiger charge is 2.17. The molecule has 166 valence electrons. The molecule has 0 saturated carbocycles. The first-order chi connectivity index (χ1) is 15.8. The highest BCUT2D eigenvalue weighted by Crippen LogP contribution is 2.33. The minimum Gasteiger partial charge on any atom is -0.508 e. The molecule has 0 saturated heterocycles. The number of hydrogen-bond donors (Lipinski definition) is 3. The van der Waals surface area contributed by atoms with Crippen molar-refractivity contribution in [2.75, 3.05) is 0 Å². The van der Waals surface area contributed by atoms with Gasteiger partial charge in [0, 0.05) is 10.6 Å². The summed E-state index contributed by atoms with van der Waals surface area (Å²) in [6, 6.07) is 20.7. The van der Waals surface area contributed by atoms with E-state index in [-0.39, 0.29) is 23.5 Å². The Kier molecular flexibility index (Phi) is 6.31. The predicted molar refractivity (Wildman–Crippen MR) is 124 cm³/mol. The molecule has 4 rings (SSSR count). The number of carboxylic acid groups (broad SMARTS) is 1. The number of esters is 1. The van der Waals surface area contributed by atoms with E-state index in [1.54, 1.807) is 48.5 Å². The number of carbonyl (C=O) groups is 2. The Morgan fingerprint density at radius 3 is 2.18 bits per heavy atom. The fraction of sp³-hybridized carbons (Fsp3) is 0.0769. The summed E-state index contributed by atoms with van der Waals surface area (Å²) in [7, 11) is 0. The first kappa shape index (κ1) is 22.3. The van der Waals surface area contributed by atoms with Gasteiger partial charge in [-0.15, -0.1) is 0 Å². The van der Waals surface area contributed by atoms with Crippen LogP contribution in [0.15, 0.2) is 78.9 Å². The molecule has 0 aliphatic carbocycles. The van der Waals surface area contributed by atoms with Gasteiger partial charge in [0.25, 0.3) is 0 Å². The molecule has 0 spiro atoms. The van der Waals surface area contributed by atoms with Crippen LogP contribution < -0.4 is 0 Å². The first-order valence-electron chi connectivity index (χ1n) is 10.0. The maximum Gasteiger partial charge on any atom is 0.338 e. The summed E-state index contributed by atoms with van der Waals surface area (Å²) >= 11 is 5.86. The van der Waals surface area contributed by atoms with E-state index in [1.165, 1.54) is 30.3 Å². The largest absolute Gasteiger partial charge is 0.508 e. The number of phenolic OH excluding ortho intramolecular Hbond substituents is 1. The van der Waals surface area contributed by atoms with Crippen LogP contribution in [0.1, 0.15) is 43.5 Å². The second-order valence-corrected chi connectivity index (χ2v) is 7.94. The van der Waals surface area contributed by atoms with Crippen LogP contribution in [0.25, 0.3) is 10.8 Å². The van der Waals surface area contributed by atoms with Gasteiger partial charge < -0.3 is 20.1 Å². The van der Waals surface area contributed by atoms with Gasteiger partial charge >= 0.3 is 11.9 Å². The van der Waals surface area contributed by atoms with Crippen molar-refractivity contribution in [2.45, 2.75) is 12.7 Å². The van der Waals surface area contributed by atoms with Gasteiger partial charge in [0.2, 0.25) is 0 Å². The van der Waals surface area contributed by atoms with Crippen molar-refractivity contribution in [3.05, 3.63) is 112 Å². The fourth-order valence-electron chi connectivity index (χ4n) is 3.45. The van der Waals surface area contributed by atoms with Gasteiger partial charge in [0.05, 0.1) is 11.1 Å². The quantitative estimate of drug-likeness (QED) is 0.334. The second kappa shape index (κ2) is 9.32. The van der Waals surface area contributed by atoms with Gasteiger partial charge in [-0.1, -0.05) is 41.9 Å². The van der Waals surface area contributed by atoms with Crippen molar-refractivity contribution in [1.29, 1.82) is 0 Å². The molecule has 1 unspecified atom stereocenters. The molecule has 0 heterocycles. The van der Waals surface area contributed by atoms with E-state index in [0.29, 0.717) is 26.9 Å². The summed E-state index contributed by atoms with van der Waals surface area (Å²) in [5.41, 5.74) is 1.88. The molecule has 7 heteroatoms. The molecule has 4 aromatic carbocycles. The van der Waals surface area contributed by atoms with Crippen LogP contribution in [-0.4, -0.2) is 27.3 Å². The number of rotatable bonds is 6. The Bertz CT molecular complexity index is 1330. The lowest BCUT2D eigenvalue weighted by atomic mass is 9.96. The Labute approximate surface area is 194 Å². The molecule has 3 N–H and O–H groups in total. The van der Waals surface area contributed by atoms with E-state index in [4.69, 9.17) is 21.4 Å². The van der Waals surface area contributed by atoms with Crippen molar-refractivity contribution in [3.63, 3.8) is 0 Å². The van der Waals surface area contributed by atoms with Gasteiger partial charge in [0.1, 0.15) is 18.5 Å². The van der Waals surface area contributed by atoms with Crippen molar-refractivity contribution >= 4 is 34.3 Å². The summed E-state index contributed by atoms with van der Waals surface area (Å²) in [6.45, 7) is 0.0971. The van der Waals surface area contributed by atoms with Gasteiger partial charge in [-0.2, -0.15) is 0 Å². The number of benzene rings is 4. The van der Waals surface area contributed by atoms with E-state index in [1.807, 2.05) is 0 Å². The minimum absolute atomic E-state index is 0.0930. The maximum atomic E-state index is 12.5. The lowest BCUT2D eigenvalue weighted by Gasteiger charge is -2.15. The summed E-state index contributed by atoms with van der Waals surface area (Å²) in [6.07, 6.45) is -1.18. The fourth-order valence-corrected chi connectivity index (χ4v) is 3.58. The third-order valence-corrected chi connectivity index (χ3v) is 5.52. The highest BCUT2D eigenvalue weighted by atomic mass is 35.5. The molecule has 0 radical (unpaired) electrons. The minimum atomic E-state index is -1.18. The maximum absolute atomic E-state index is 12.5. The monoisotopic (exact) mass is 462 g/mol. The molecule has 0 fully saturated rings. The number of carbonyl (C=O) groups excluding carboxylic acids is 1. The zero-order valence-electron chi connectivity index (χ0n) is 17.2. The topological polar surface area (TPSA) is 104 Å². The summed E-state index contributed by atoms with van der Waals surface area (Å²) in [5, 5.41) is 32.1. The van der Waals surface area contributed by atoms with E-state index in [0.717, 1.165) is 5.56 Å². The SMILES string of the molecule is O=C(O)c1ccc(C(O)c2cc3cc(C(=O)OCc4ccc(Cl)cc4)ccc3cc2O)cc1. The molecular formula is C26H19ClO6. The molecule has 0 aliphatic heterocycles. The van der Waals surface area contributed by atoms with Crippen LogP contribution >= 0.6 is 11.6 Å². The zero-order chi connectivity index (χ0) is 23.5. The molecule has 33 heavy (non-hydrogen) atoms. The van der Waals surface area contributed by atoms with E-state index < -0.39 is 18.0 Å². The smallest absolute Gasteiger partial charge is 0.338 e. The Balaban J connectivity index is 1.58. The van der Waals surface area contributed by atoms with E-state index in [2.05, 4.69) is 0 Å². The standard InChI is InChI=1S/C26H19ClO6/c27-21-9-1-15(2-10-21)14-33-26(32)19-8-7-18-13-23(28)22(12-20(18)11-19)24(29)16-3-5-17(6-4-16)25(30)31/h1-13,24,28-29H,14H2,(H,30,31). The number of fused-ring (bicyclic) bond motifs is 1. The third-order valence-electron chi connectivity index (χ3n) is 5.27. The van der Waals surface area contributed by atoms with Crippen LogP contribution in [0.2, 0.25) is 5.02 Å². The Hall–Kier alpha value is -3.87. The van der Waals surface area contributed by atoms with Gasteiger partial charge in [-0.05, 0) is 70.4 Å². The van der Waals surface area contributed by atoms with Crippen molar-refractivity contribution in [1.82, 2.24) is 0 Å². The number of ether oxygens (including phenoxy) is 1. The Morgan fingerprint density at radius 1 is 0.848 bits per heavy atom. The van der Waals surface area contributed by atoms with Crippen molar-refractivity contribution in [2.24, 2.45) is 0 Å². The molecular weight excluding hydrogens is 444 g/mol. The predicted octanol–water partition coefficient (Wildman–Crippen LogP) is 5.34. The summed E-state index contributed by atoms with van der Waals surface area (Å²) < 4.78 is 5.38. The zero-order valence-corrected chi connectivity index (χ0v) is 18.0. The molecule has 1 atom stereocenters. The third kappa shape index (κ3) is 4.98. The van der Waals surface area contributed by atoms with E-state index in [9.17, 15) is 19.8 Å². The molecule has 0 aromatic heterocycles. The number of halogens is 1. The van der Waals surface area contributed by atoms with E-state index >= 15 is 0 Å². The lowest BCUT2D eigenvalue weighted by Crippen LogP contribution is -2.05. The molecule has 6 nitrogen and oxygen atoms in total. The van der Waals surface area contributed by atoms with Crippen molar-refractivity contribution < 1.29 is 29.6 Å².